The van der Waals surface area contributed by atoms with Crippen molar-refractivity contribution in [1.82, 2.24) is 0 Å². The van der Waals surface area contributed by atoms with Crippen LogP contribution in [0.2, 0.25) is 0 Å². The lowest BCUT2D eigenvalue weighted by molar-refractivity contribution is 0.0626. The maximum Gasteiger partial charge on any atom is 0.122 e. The molecule has 4 atom stereocenters. The Kier molecular flexibility index (Phi) is 16.3. The van der Waals surface area contributed by atoms with Gasteiger partial charge in [-0.25, -0.2) is 0 Å². The van der Waals surface area contributed by atoms with Crippen LogP contribution in [0.5, 0.6) is 34.5 Å². The zero-order valence-corrected chi connectivity index (χ0v) is 49.0. The molecule has 0 radical (unpaired) electrons. The maximum atomic E-state index is 11.0. The van der Waals surface area contributed by atoms with Crippen LogP contribution in [0, 0.1) is 0 Å². The highest BCUT2D eigenvalue weighted by atomic mass is 16.6. The average Bonchev–Trinajstić information content (AvgIpc) is 4.12. The van der Waals surface area contributed by atoms with Crippen LogP contribution in [0.15, 0.2) is 194 Å². The van der Waals surface area contributed by atoms with Crippen LogP contribution in [0.4, 0.5) is 0 Å². The molecule has 11 heteroatoms. The third-order valence-corrected chi connectivity index (χ3v) is 17.5. The Morgan fingerprint density at radius 2 is 0.464 bits per heavy atom. The van der Waals surface area contributed by atoms with Gasteiger partial charge in [-0.1, -0.05) is 149 Å². The van der Waals surface area contributed by atoms with Gasteiger partial charge in [0, 0.05) is 21.7 Å². The lowest BCUT2D eigenvalue weighted by Gasteiger charge is -2.33. The van der Waals surface area contributed by atoms with Gasteiger partial charge >= 0.3 is 0 Å². The van der Waals surface area contributed by atoms with Gasteiger partial charge in [0.05, 0.1) is 26.4 Å². The lowest BCUT2D eigenvalue weighted by Crippen LogP contribution is -2.26. The minimum absolute atomic E-state index is 0.0886. The van der Waals surface area contributed by atoms with E-state index in [1.165, 1.54) is 22.3 Å². The molecule has 4 heterocycles. The van der Waals surface area contributed by atoms with Crippen LogP contribution in [-0.4, -0.2) is 102 Å². The highest BCUT2D eigenvalue weighted by Crippen LogP contribution is 2.44. The number of rotatable bonds is 28. The number of benzene rings is 8. The van der Waals surface area contributed by atoms with E-state index in [1.807, 2.05) is 24.3 Å². The second-order valence-electron chi connectivity index (χ2n) is 24.1. The molecule has 4 unspecified atom stereocenters. The minimum Gasteiger partial charge on any atom is -0.491 e. The third kappa shape index (κ3) is 13.2. The molecule has 4 saturated heterocycles. The summed E-state index contributed by atoms with van der Waals surface area (Å²) >= 11 is 0. The molecule has 0 bridgehead atoms. The Bertz CT molecular complexity index is 3070. The van der Waals surface area contributed by atoms with Crippen molar-refractivity contribution in [3.63, 3.8) is 0 Å². The topological polar surface area (TPSA) is 126 Å². The van der Waals surface area contributed by atoms with Crippen molar-refractivity contribution in [3.05, 3.63) is 250 Å². The molecule has 12 rings (SSSR count). The molecule has 4 aliphatic rings. The molecule has 0 amide bonds. The zero-order valence-electron chi connectivity index (χ0n) is 49.0. The number of epoxide rings is 4. The number of aliphatic hydroxyl groups is 1. The summed E-state index contributed by atoms with van der Waals surface area (Å²) in [5, 5.41) is 11.0. The minimum atomic E-state index is -0.838. The van der Waals surface area contributed by atoms with E-state index in [1.54, 1.807) is 0 Å². The van der Waals surface area contributed by atoms with Gasteiger partial charge in [0.1, 0.15) is 105 Å². The molecular weight excluding hydrogens is 1050 g/mol. The summed E-state index contributed by atoms with van der Waals surface area (Å²) in [7, 11) is 0. The Hall–Kier alpha value is -7.64. The maximum absolute atomic E-state index is 11.0. The zero-order chi connectivity index (χ0) is 57.9. The van der Waals surface area contributed by atoms with Gasteiger partial charge in [-0.15, -0.1) is 0 Å². The first-order valence-corrected chi connectivity index (χ1v) is 29.5. The van der Waals surface area contributed by atoms with Crippen LogP contribution in [0.25, 0.3) is 0 Å². The smallest absolute Gasteiger partial charge is 0.122 e. The molecule has 84 heavy (non-hydrogen) atoms. The van der Waals surface area contributed by atoms with E-state index in [-0.39, 0.29) is 48.5 Å². The number of hydrogen-bond donors (Lipinski definition) is 1. The van der Waals surface area contributed by atoms with Gasteiger partial charge in [0.2, 0.25) is 0 Å². The lowest BCUT2D eigenvalue weighted by atomic mass is 9.70. The van der Waals surface area contributed by atoms with E-state index in [0.29, 0.717) is 37.9 Å². The Morgan fingerprint density at radius 3 is 0.667 bits per heavy atom. The standard InChI is InChI=1S/C73H76O11/c1-70(2,49-7-11-53(12-8-49)72(5,55-19-31-62(32-20-55)77-41-66-45-81-66)56-21-33-63(34-22-56)78-42-67-46-82-67)51-15-27-60(28-16-51)75-39-59(74)40-76-61-29-17-52(18-30-61)71(3,4)50-9-13-54(14-10-50)73(6,57-23-35-64(36-24-57)79-43-68-47-83-68)58-25-37-65(38-26-58)80-44-69-48-84-69/h7-38,59,66-69,74H,39-48H2,1-6H3. The average molecular weight is 1130 g/mol. The van der Waals surface area contributed by atoms with Crippen molar-refractivity contribution in [1.29, 1.82) is 0 Å². The van der Waals surface area contributed by atoms with E-state index in [9.17, 15) is 5.11 Å². The SMILES string of the molecule is CC(C)(c1ccc(OCC(O)COc2ccc(C(C)(C)c3ccc(C(C)(c4ccc(OCC5CO5)cc4)c4ccc(OCC5CO5)cc4)cc3)cc2)cc1)c1ccc(C(C)(c2ccc(OCC3CO3)cc2)c2ccc(OCC3CO3)cc2)cc1. The van der Waals surface area contributed by atoms with E-state index in [4.69, 9.17) is 47.4 Å². The Balaban J connectivity index is 0.655. The van der Waals surface area contributed by atoms with Crippen molar-refractivity contribution >= 4 is 0 Å². The largest absolute Gasteiger partial charge is 0.491 e. The van der Waals surface area contributed by atoms with Gasteiger partial charge in [-0.05, 0) is 142 Å². The number of hydrogen-bond acceptors (Lipinski definition) is 11. The molecule has 0 aromatic heterocycles. The molecule has 8 aromatic carbocycles. The van der Waals surface area contributed by atoms with Gasteiger partial charge in [-0.2, -0.15) is 0 Å². The fraction of sp³-hybridized carbons (Fsp3) is 0.342. The van der Waals surface area contributed by atoms with E-state index >= 15 is 0 Å². The van der Waals surface area contributed by atoms with Crippen molar-refractivity contribution in [3.8, 4) is 34.5 Å². The molecule has 4 fully saturated rings. The molecule has 0 saturated carbocycles. The second kappa shape index (κ2) is 24.1. The normalized spacial score (nSPS) is 19.7. The first kappa shape index (κ1) is 56.8. The van der Waals surface area contributed by atoms with E-state index < -0.39 is 16.9 Å². The van der Waals surface area contributed by atoms with Crippen LogP contribution >= 0.6 is 0 Å². The third-order valence-electron chi connectivity index (χ3n) is 17.5. The molecule has 11 nitrogen and oxygen atoms in total. The highest BCUT2D eigenvalue weighted by Gasteiger charge is 2.36. The van der Waals surface area contributed by atoms with Crippen molar-refractivity contribution < 1.29 is 52.5 Å². The second-order valence-corrected chi connectivity index (χ2v) is 24.1. The molecule has 1 N–H and O–H groups in total. The van der Waals surface area contributed by atoms with Gasteiger partial charge < -0.3 is 52.5 Å². The fourth-order valence-electron chi connectivity index (χ4n) is 11.1. The summed E-state index contributed by atoms with van der Waals surface area (Å²) in [5.41, 5.74) is 10.1. The predicted molar refractivity (Wildman–Crippen MR) is 325 cm³/mol. The summed E-state index contributed by atoms with van der Waals surface area (Å²) in [5.74, 6) is 4.67. The van der Waals surface area contributed by atoms with Crippen LogP contribution in [-0.2, 0) is 40.6 Å². The monoisotopic (exact) mass is 1130 g/mol. The van der Waals surface area contributed by atoms with Gasteiger partial charge in [0.15, 0.2) is 0 Å². The Labute approximate surface area is 494 Å². The van der Waals surface area contributed by atoms with E-state index in [2.05, 4.69) is 211 Å². The summed E-state index contributed by atoms with van der Waals surface area (Å²) in [4.78, 5) is 0. The van der Waals surface area contributed by atoms with Crippen molar-refractivity contribution in [2.45, 2.75) is 93.7 Å². The predicted octanol–water partition coefficient (Wildman–Crippen LogP) is 13.0. The first-order valence-electron chi connectivity index (χ1n) is 29.5. The summed E-state index contributed by atoms with van der Waals surface area (Å²) in [6.07, 6.45) is -0.0697. The molecule has 8 aromatic rings. The molecular formula is C73H76O11. The molecule has 0 spiro atoms. The van der Waals surface area contributed by atoms with E-state index in [0.717, 1.165) is 82.8 Å². The molecule has 4 aliphatic heterocycles. The summed E-state index contributed by atoms with van der Waals surface area (Å²) in [6, 6.07) is 68.0. The fourth-order valence-corrected chi connectivity index (χ4v) is 11.1. The van der Waals surface area contributed by atoms with Crippen LogP contribution in [0.1, 0.15) is 97.2 Å². The van der Waals surface area contributed by atoms with Crippen molar-refractivity contribution in [2.24, 2.45) is 0 Å². The molecule has 434 valence electrons. The Morgan fingerprint density at radius 1 is 0.298 bits per heavy atom. The van der Waals surface area contributed by atoms with Gasteiger partial charge in [-0.3, -0.25) is 0 Å². The summed E-state index contributed by atoms with van der Waals surface area (Å²) in [6.45, 7) is 19.0. The van der Waals surface area contributed by atoms with Gasteiger partial charge in [0.25, 0.3) is 0 Å². The van der Waals surface area contributed by atoms with Crippen LogP contribution in [0.3, 0.4) is 0 Å². The number of ether oxygens (including phenoxy) is 10. The summed E-state index contributed by atoms with van der Waals surface area (Å²) < 4.78 is 57.6. The van der Waals surface area contributed by atoms with Crippen molar-refractivity contribution in [2.75, 3.05) is 66.1 Å². The highest BCUT2D eigenvalue weighted by molar-refractivity contribution is 5.55. The molecule has 0 aliphatic carbocycles. The van der Waals surface area contributed by atoms with Crippen LogP contribution < -0.4 is 28.4 Å². The quantitative estimate of drug-likeness (QED) is 0.0372. The number of aliphatic hydroxyl groups excluding tert-OH is 1. The first-order chi connectivity index (χ1) is 40.7.